The van der Waals surface area contributed by atoms with Crippen molar-refractivity contribution in [2.75, 3.05) is 5.32 Å². The van der Waals surface area contributed by atoms with Gasteiger partial charge < -0.3 is 10.2 Å². The summed E-state index contributed by atoms with van der Waals surface area (Å²) in [6.45, 7) is 2.28. The van der Waals surface area contributed by atoms with Gasteiger partial charge in [-0.25, -0.2) is 4.39 Å². The summed E-state index contributed by atoms with van der Waals surface area (Å²) in [4.78, 5) is 37.9. The number of anilines is 1. The molecule has 0 spiro atoms. The van der Waals surface area contributed by atoms with Gasteiger partial charge in [0.1, 0.15) is 11.9 Å². The maximum atomic E-state index is 14.2. The van der Waals surface area contributed by atoms with Crippen LogP contribution in [0.4, 0.5) is 10.1 Å². The van der Waals surface area contributed by atoms with Crippen LogP contribution in [0, 0.1) is 12.7 Å². The first-order chi connectivity index (χ1) is 13.5. The number of fused-ring (bicyclic) bond motifs is 1. The van der Waals surface area contributed by atoms with E-state index in [0.29, 0.717) is 23.1 Å². The van der Waals surface area contributed by atoms with E-state index in [4.69, 9.17) is 0 Å². The number of carbonyl (C=O) groups excluding carboxylic acids is 3. The fraction of sp³-hybridized carbons (Fsp3) is 0.286. The van der Waals surface area contributed by atoms with Gasteiger partial charge in [0, 0.05) is 41.9 Å². The van der Waals surface area contributed by atoms with E-state index < -0.39 is 11.9 Å². The van der Waals surface area contributed by atoms with Gasteiger partial charge in [-0.05, 0) is 31.0 Å². The highest BCUT2D eigenvalue weighted by Gasteiger charge is 2.39. The lowest BCUT2D eigenvalue weighted by Crippen LogP contribution is -2.52. The van der Waals surface area contributed by atoms with E-state index in [1.165, 1.54) is 4.90 Å². The van der Waals surface area contributed by atoms with E-state index in [-0.39, 0.29) is 37.1 Å². The standard InChI is InChI=1S/C21H20FN3O3/c1-12-4-2-5-13(19(12)22)10-23-16-7-3-6-14-15(16)11-25(21(14)28)17-8-9-18(26)24-20(17)27/h2-7,17,23H,8-11H2,1H3,(H,24,26,27)/t17-/m0/s1. The molecule has 7 heteroatoms. The van der Waals surface area contributed by atoms with Crippen LogP contribution in [0.2, 0.25) is 0 Å². The molecule has 3 amide bonds. The molecule has 0 radical (unpaired) electrons. The summed E-state index contributed by atoms with van der Waals surface area (Å²) in [6.07, 6.45) is 0.538. The van der Waals surface area contributed by atoms with Crippen molar-refractivity contribution in [1.29, 1.82) is 0 Å². The molecule has 2 aromatic rings. The zero-order valence-electron chi connectivity index (χ0n) is 15.4. The van der Waals surface area contributed by atoms with E-state index in [1.807, 2.05) is 6.07 Å². The van der Waals surface area contributed by atoms with Gasteiger partial charge >= 0.3 is 0 Å². The van der Waals surface area contributed by atoms with Gasteiger partial charge in [0.15, 0.2) is 0 Å². The normalized spacial score (nSPS) is 18.9. The first-order valence-electron chi connectivity index (χ1n) is 9.20. The number of hydrogen-bond donors (Lipinski definition) is 2. The molecular formula is C21H20FN3O3. The molecule has 1 atom stereocenters. The number of rotatable bonds is 4. The Morgan fingerprint density at radius 3 is 2.75 bits per heavy atom. The number of benzene rings is 2. The minimum Gasteiger partial charge on any atom is -0.381 e. The Hall–Kier alpha value is -3.22. The summed E-state index contributed by atoms with van der Waals surface area (Å²) in [5.41, 5.74) is 3.17. The summed E-state index contributed by atoms with van der Waals surface area (Å²) in [6, 6.07) is 9.92. The van der Waals surface area contributed by atoms with Crippen molar-refractivity contribution in [2.24, 2.45) is 0 Å². The van der Waals surface area contributed by atoms with E-state index in [0.717, 1.165) is 11.3 Å². The van der Waals surface area contributed by atoms with Crippen LogP contribution in [0.1, 0.15) is 39.9 Å². The van der Waals surface area contributed by atoms with Gasteiger partial charge in [0.05, 0.1) is 0 Å². The first-order valence-corrected chi connectivity index (χ1v) is 9.20. The number of amides is 3. The quantitative estimate of drug-likeness (QED) is 0.798. The molecule has 2 aromatic carbocycles. The maximum Gasteiger partial charge on any atom is 0.255 e. The van der Waals surface area contributed by atoms with Crippen molar-refractivity contribution in [3.63, 3.8) is 0 Å². The van der Waals surface area contributed by atoms with E-state index >= 15 is 0 Å². The molecule has 4 rings (SSSR count). The Bertz CT molecular complexity index is 989. The second-order valence-electron chi connectivity index (χ2n) is 7.13. The number of carbonyl (C=O) groups is 3. The fourth-order valence-corrected chi connectivity index (χ4v) is 3.79. The molecule has 0 saturated carbocycles. The van der Waals surface area contributed by atoms with Crippen molar-refractivity contribution >= 4 is 23.4 Å². The van der Waals surface area contributed by atoms with Crippen molar-refractivity contribution in [2.45, 2.75) is 38.9 Å². The lowest BCUT2D eigenvalue weighted by atomic mass is 10.0. The van der Waals surface area contributed by atoms with Crippen LogP contribution in [-0.4, -0.2) is 28.7 Å². The van der Waals surface area contributed by atoms with Crippen molar-refractivity contribution in [3.05, 3.63) is 64.5 Å². The predicted octanol–water partition coefficient (Wildman–Crippen LogP) is 2.51. The molecule has 2 aliphatic heterocycles. The number of piperidine rings is 1. The summed E-state index contributed by atoms with van der Waals surface area (Å²) < 4.78 is 14.2. The average molecular weight is 381 g/mol. The Kier molecular flexibility index (Phi) is 4.58. The Balaban J connectivity index is 1.55. The number of halogens is 1. The molecule has 28 heavy (non-hydrogen) atoms. The number of imide groups is 1. The predicted molar refractivity (Wildman–Crippen MR) is 101 cm³/mol. The lowest BCUT2D eigenvalue weighted by Gasteiger charge is -2.29. The highest BCUT2D eigenvalue weighted by atomic mass is 19.1. The van der Waals surface area contributed by atoms with Gasteiger partial charge in [-0.15, -0.1) is 0 Å². The van der Waals surface area contributed by atoms with Crippen LogP contribution in [-0.2, 0) is 22.7 Å². The molecule has 1 saturated heterocycles. The lowest BCUT2D eigenvalue weighted by molar-refractivity contribution is -0.136. The average Bonchev–Trinajstić information content (AvgIpc) is 3.00. The Morgan fingerprint density at radius 2 is 1.96 bits per heavy atom. The number of hydrogen-bond acceptors (Lipinski definition) is 4. The molecule has 2 heterocycles. The van der Waals surface area contributed by atoms with Crippen LogP contribution in [0.5, 0.6) is 0 Å². The van der Waals surface area contributed by atoms with Crippen LogP contribution in [0.25, 0.3) is 0 Å². The van der Waals surface area contributed by atoms with Crippen LogP contribution >= 0.6 is 0 Å². The second-order valence-corrected chi connectivity index (χ2v) is 7.13. The zero-order valence-corrected chi connectivity index (χ0v) is 15.4. The summed E-state index contributed by atoms with van der Waals surface area (Å²) >= 11 is 0. The third kappa shape index (κ3) is 3.13. The van der Waals surface area contributed by atoms with E-state index in [1.54, 1.807) is 37.3 Å². The monoisotopic (exact) mass is 381 g/mol. The number of aryl methyl sites for hydroxylation is 1. The van der Waals surface area contributed by atoms with E-state index in [2.05, 4.69) is 10.6 Å². The summed E-state index contributed by atoms with van der Waals surface area (Å²) in [5, 5.41) is 5.52. The largest absolute Gasteiger partial charge is 0.381 e. The molecule has 144 valence electrons. The van der Waals surface area contributed by atoms with Crippen molar-refractivity contribution in [1.82, 2.24) is 10.2 Å². The van der Waals surface area contributed by atoms with Crippen molar-refractivity contribution < 1.29 is 18.8 Å². The second kappa shape index (κ2) is 7.07. The SMILES string of the molecule is Cc1cccc(CNc2cccc3c2CN([C@H]2CCC(=O)NC2=O)C3=O)c1F. The van der Waals surface area contributed by atoms with Crippen LogP contribution < -0.4 is 10.6 Å². The highest BCUT2D eigenvalue weighted by molar-refractivity contribution is 6.06. The third-order valence-corrected chi connectivity index (χ3v) is 5.32. The summed E-state index contributed by atoms with van der Waals surface area (Å²) in [7, 11) is 0. The zero-order chi connectivity index (χ0) is 19.8. The van der Waals surface area contributed by atoms with Gasteiger partial charge in [-0.3, -0.25) is 19.7 Å². The molecule has 1 fully saturated rings. The molecule has 2 aliphatic rings. The first kappa shape index (κ1) is 18.2. The van der Waals surface area contributed by atoms with Crippen LogP contribution in [0.15, 0.2) is 36.4 Å². The fourth-order valence-electron chi connectivity index (χ4n) is 3.79. The van der Waals surface area contributed by atoms with Gasteiger partial charge in [0.2, 0.25) is 11.8 Å². The molecule has 0 aromatic heterocycles. The highest BCUT2D eigenvalue weighted by Crippen LogP contribution is 2.32. The van der Waals surface area contributed by atoms with Crippen molar-refractivity contribution in [3.8, 4) is 0 Å². The van der Waals surface area contributed by atoms with Gasteiger partial charge in [-0.2, -0.15) is 0 Å². The molecule has 6 nitrogen and oxygen atoms in total. The third-order valence-electron chi connectivity index (χ3n) is 5.32. The topological polar surface area (TPSA) is 78.5 Å². The molecule has 0 bridgehead atoms. The Labute approximate surface area is 161 Å². The summed E-state index contributed by atoms with van der Waals surface area (Å²) in [5.74, 6) is -1.22. The maximum absolute atomic E-state index is 14.2. The molecule has 2 N–H and O–H groups in total. The van der Waals surface area contributed by atoms with E-state index in [9.17, 15) is 18.8 Å². The molecule has 0 unspecified atom stereocenters. The number of nitrogens with one attached hydrogen (secondary N) is 2. The molecule has 0 aliphatic carbocycles. The van der Waals surface area contributed by atoms with Gasteiger partial charge in [0.25, 0.3) is 5.91 Å². The number of nitrogens with zero attached hydrogens (tertiary/aromatic N) is 1. The minimum atomic E-state index is -0.653. The molecular weight excluding hydrogens is 361 g/mol. The van der Waals surface area contributed by atoms with Gasteiger partial charge in [-0.1, -0.05) is 24.3 Å². The van der Waals surface area contributed by atoms with Crippen LogP contribution in [0.3, 0.4) is 0 Å². The minimum absolute atomic E-state index is 0.217. The smallest absolute Gasteiger partial charge is 0.255 e. The Morgan fingerprint density at radius 1 is 1.18 bits per heavy atom.